The van der Waals surface area contributed by atoms with Gasteiger partial charge < -0.3 is 0 Å². The average Bonchev–Trinajstić information content (AvgIpc) is 2.45. The molecule has 0 unspecified atom stereocenters. The van der Waals surface area contributed by atoms with E-state index in [0.717, 1.165) is 17.1 Å². The topological polar surface area (TPSA) is 18.5 Å². The van der Waals surface area contributed by atoms with E-state index in [1.165, 1.54) is 3.58 Å². The quantitative estimate of drug-likeness (QED) is 0.738. The monoisotopic (exact) mass is 378 g/mol. The van der Waals surface area contributed by atoms with Gasteiger partial charge in [0, 0.05) is 0 Å². The van der Waals surface area contributed by atoms with Gasteiger partial charge in [0.05, 0.1) is 0 Å². The summed E-state index contributed by atoms with van der Waals surface area (Å²) in [5.74, 6) is 1.80. The molecule has 0 atom stereocenters. The number of ether oxygens (including phenoxy) is 2. The van der Waals surface area contributed by atoms with Crippen LogP contribution in [0.4, 0.5) is 0 Å². The molecule has 0 spiro atoms. The molecule has 2 aromatic rings. The van der Waals surface area contributed by atoms with Gasteiger partial charge in [-0.15, -0.1) is 0 Å². The zero-order chi connectivity index (χ0) is 14.6. The van der Waals surface area contributed by atoms with Crippen molar-refractivity contribution in [2.24, 2.45) is 0 Å². The Labute approximate surface area is 125 Å². The van der Waals surface area contributed by atoms with E-state index in [1.807, 2.05) is 24.3 Å². The first-order valence-electron chi connectivity index (χ1n) is 6.85. The van der Waals surface area contributed by atoms with Crippen LogP contribution < -0.4 is 13.1 Å². The molecule has 0 aliphatic rings. The Balaban J connectivity index is 1.96. The Hall–Kier alpha value is -1.16. The molecule has 0 radical (unpaired) electrons. The molecule has 0 saturated heterocycles. The second-order valence-corrected chi connectivity index (χ2v) is 20.4. The summed E-state index contributed by atoms with van der Waals surface area (Å²) in [4.78, 5) is 7.26. The molecule has 0 fully saturated rings. The van der Waals surface area contributed by atoms with Gasteiger partial charge in [0.2, 0.25) is 0 Å². The molecule has 2 nitrogen and oxygen atoms in total. The molecule has 0 amide bonds. The minimum atomic E-state index is -1.94. The van der Waals surface area contributed by atoms with Crippen LogP contribution in [0, 0.1) is 0 Å². The third-order valence-corrected chi connectivity index (χ3v) is 9.18. The van der Waals surface area contributed by atoms with Crippen molar-refractivity contribution < 1.29 is 9.47 Å². The molecular weight excluding hydrogens is 355 g/mol. The molecule has 2 aromatic carbocycles. The Morgan fingerprint density at radius 1 is 0.800 bits per heavy atom. The second-order valence-electron chi connectivity index (χ2n) is 5.91. The zero-order valence-electron chi connectivity index (χ0n) is 12.6. The standard InChI is InChI=1S/C14H13O2.3CH3.Sn/c1-15-13-9-7-12(8-10-13)11-16-14-5-3-2-4-6-14;;;;/h3-10H,11H2,1H3;3*1H3;. The Morgan fingerprint density at radius 3 is 1.85 bits per heavy atom. The van der Waals surface area contributed by atoms with Gasteiger partial charge in [-0.2, -0.15) is 0 Å². The fraction of sp³-hybridized carbons (Fsp3) is 0.294. The summed E-state index contributed by atoms with van der Waals surface area (Å²) < 4.78 is 12.5. The Kier molecular flexibility index (Phi) is 4.97. The van der Waals surface area contributed by atoms with E-state index in [0.29, 0.717) is 6.61 Å². The van der Waals surface area contributed by atoms with E-state index in [1.54, 1.807) is 7.11 Å². The van der Waals surface area contributed by atoms with Gasteiger partial charge in [-0.25, -0.2) is 0 Å². The number of benzene rings is 2. The molecule has 0 N–H and O–H groups in total. The van der Waals surface area contributed by atoms with Crippen molar-refractivity contribution >= 4 is 22.0 Å². The molecular formula is C17H22O2Sn. The second kappa shape index (κ2) is 6.53. The molecule has 0 saturated carbocycles. The summed E-state index contributed by atoms with van der Waals surface area (Å²) in [6.07, 6.45) is 0. The first kappa shape index (κ1) is 15.2. The van der Waals surface area contributed by atoms with Crippen molar-refractivity contribution in [3.63, 3.8) is 0 Å². The fourth-order valence-electron chi connectivity index (χ4n) is 1.94. The van der Waals surface area contributed by atoms with Crippen LogP contribution in [0.15, 0.2) is 48.5 Å². The van der Waals surface area contributed by atoms with Crippen molar-refractivity contribution in [1.82, 2.24) is 0 Å². The van der Waals surface area contributed by atoms with Crippen molar-refractivity contribution in [3.05, 3.63) is 54.1 Å². The molecule has 0 aromatic heterocycles. The van der Waals surface area contributed by atoms with Gasteiger partial charge in [0.15, 0.2) is 0 Å². The van der Waals surface area contributed by atoms with Gasteiger partial charge >= 0.3 is 126 Å². The SMILES string of the molecule is COc1ccc(COc2cc[c]([Sn]([CH3])([CH3])[CH3])cc2)cc1. The first-order valence-corrected chi connectivity index (χ1v) is 16.8. The fourth-order valence-corrected chi connectivity index (χ4v) is 5.27. The third kappa shape index (κ3) is 4.17. The molecule has 0 aliphatic carbocycles. The van der Waals surface area contributed by atoms with Crippen molar-refractivity contribution in [3.8, 4) is 11.5 Å². The van der Waals surface area contributed by atoms with Crippen LogP contribution in [0.3, 0.4) is 0 Å². The molecule has 20 heavy (non-hydrogen) atoms. The number of rotatable bonds is 5. The summed E-state index contributed by atoms with van der Waals surface area (Å²) in [7, 11) is 1.67. The van der Waals surface area contributed by atoms with Gasteiger partial charge in [-0.3, -0.25) is 0 Å². The van der Waals surface area contributed by atoms with Crippen LogP contribution in [0.25, 0.3) is 0 Å². The van der Waals surface area contributed by atoms with Gasteiger partial charge in [-0.05, 0) is 0 Å². The van der Waals surface area contributed by atoms with Crippen LogP contribution in [0.1, 0.15) is 5.56 Å². The van der Waals surface area contributed by atoms with Gasteiger partial charge in [0.1, 0.15) is 0 Å². The van der Waals surface area contributed by atoms with E-state index in [2.05, 4.69) is 39.1 Å². The average molecular weight is 377 g/mol. The van der Waals surface area contributed by atoms with Crippen LogP contribution in [0.5, 0.6) is 11.5 Å². The molecule has 0 heterocycles. The summed E-state index contributed by atoms with van der Waals surface area (Å²) >= 11 is -1.94. The maximum absolute atomic E-state index is 5.82. The zero-order valence-corrected chi connectivity index (χ0v) is 15.5. The van der Waals surface area contributed by atoms with Crippen molar-refractivity contribution in [2.75, 3.05) is 7.11 Å². The summed E-state index contributed by atoms with van der Waals surface area (Å²) in [6, 6.07) is 16.6. The summed E-state index contributed by atoms with van der Waals surface area (Å²) in [5, 5.41) is 0. The third-order valence-electron chi connectivity index (χ3n) is 3.28. The van der Waals surface area contributed by atoms with Crippen LogP contribution >= 0.6 is 0 Å². The van der Waals surface area contributed by atoms with Crippen LogP contribution in [0.2, 0.25) is 14.8 Å². The van der Waals surface area contributed by atoms with Crippen LogP contribution in [-0.4, -0.2) is 25.5 Å². The minimum absolute atomic E-state index is 0.585. The number of methoxy groups -OCH3 is 1. The van der Waals surface area contributed by atoms with Gasteiger partial charge in [0.25, 0.3) is 0 Å². The van der Waals surface area contributed by atoms with E-state index in [-0.39, 0.29) is 0 Å². The van der Waals surface area contributed by atoms with E-state index >= 15 is 0 Å². The molecule has 2 rings (SSSR count). The molecule has 0 bridgehead atoms. The van der Waals surface area contributed by atoms with Crippen molar-refractivity contribution in [2.45, 2.75) is 21.4 Å². The summed E-state index contributed by atoms with van der Waals surface area (Å²) in [6.45, 7) is 0.585. The normalized spacial score (nSPS) is 11.2. The Bertz CT molecular complexity index is 539. The predicted molar refractivity (Wildman–Crippen MR) is 86.7 cm³/mol. The van der Waals surface area contributed by atoms with E-state index in [9.17, 15) is 0 Å². The van der Waals surface area contributed by atoms with E-state index < -0.39 is 18.4 Å². The molecule has 106 valence electrons. The van der Waals surface area contributed by atoms with Gasteiger partial charge in [-0.1, -0.05) is 0 Å². The number of hydrogen-bond acceptors (Lipinski definition) is 2. The van der Waals surface area contributed by atoms with Crippen LogP contribution in [-0.2, 0) is 6.61 Å². The predicted octanol–water partition coefficient (Wildman–Crippen LogP) is 3.82. The Morgan fingerprint density at radius 2 is 1.35 bits per heavy atom. The maximum atomic E-state index is 5.82. The molecule has 3 heteroatoms. The van der Waals surface area contributed by atoms with Crippen molar-refractivity contribution in [1.29, 1.82) is 0 Å². The number of hydrogen-bond donors (Lipinski definition) is 0. The molecule has 0 aliphatic heterocycles. The van der Waals surface area contributed by atoms with E-state index in [4.69, 9.17) is 9.47 Å². The first-order chi connectivity index (χ1) is 9.49. The summed E-state index contributed by atoms with van der Waals surface area (Å²) in [5.41, 5.74) is 1.14.